The second kappa shape index (κ2) is 7.81. The van der Waals surface area contributed by atoms with Gasteiger partial charge in [0, 0.05) is 39.0 Å². The summed E-state index contributed by atoms with van der Waals surface area (Å²) in [6, 6.07) is 5.01. The van der Waals surface area contributed by atoms with E-state index in [0.717, 1.165) is 38.8 Å². The van der Waals surface area contributed by atoms with Crippen LogP contribution in [0.5, 0.6) is 0 Å². The number of pyridine rings is 1. The predicted octanol–water partition coefficient (Wildman–Crippen LogP) is 1.95. The van der Waals surface area contributed by atoms with Gasteiger partial charge >= 0.3 is 0 Å². The van der Waals surface area contributed by atoms with Crippen LogP contribution in [0.3, 0.4) is 0 Å². The smallest absolute Gasteiger partial charge is 0.258 e. The van der Waals surface area contributed by atoms with Crippen molar-refractivity contribution in [2.75, 3.05) is 33.4 Å². The zero-order valence-electron chi connectivity index (χ0n) is 16.1. The van der Waals surface area contributed by atoms with Crippen LogP contribution in [0.15, 0.2) is 29.2 Å². The molecule has 1 amide bonds. The number of likely N-dealkylation sites (tertiary alicyclic amines) is 2. The number of rotatable bonds is 5. The van der Waals surface area contributed by atoms with Crippen LogP contribution < -0.4 is 5.56 Å². The molecule has 2 aliphatic rings. The summed E-state index contributed by atoms with van der Waals surface area (Å²) in [5.74, 6) is 0.192. The summed E-state index contributed by atoms with van der Waals surface area (Å²) in [5, 5.41) is 0.492. The Bertz CT molecular complexity index is 947. The van der Waals surface area contributed by atoms with Crippen molar-refractivity contribution in [3.05, 3.63) is 45.5 Å². The minimum Gasteiger partial charge on any atom is -0.383 e. The zero-order chi connectivity index (χ0) is 19.7. The van der Waals surface area contributed by atoms with Crippen molar-refractivity contribution in [2.45, 2.75) is 37.8 Å². The first-order chi connectivity index (χ1) is 13.5. The van der Waals surface area contributed by atoms with Crippen molar-refractivity contribution in [2.24, 2.45) is 0 Å². The minimum atomic E-state index is -0.473. The number of nitrogens with zero attached hydrogens (tertiary/aromatic N) is 4. The number of aromatic nitrogens is 2. The lowest BCUT2D eigenvalue weighted by Crippen LogP contribution is -2.60. The van der Waals surface area contributed by atoms with Gasteiger partial charge < -0.3 is 9.64 Å². The quantitative estimate of drug-likeness (QED) is 0.762. The normalized spacial score (nSPS) is 23.2. The highest BCUT2D eigenvalue weighted by Crippen LogP contribution is 2.39. The van der Waals surface area contributed by atoms with E-state index in [4.69, 9.17) is 16.3 Å². The Hall–Kier alpha value is -1.96. The first-order valence-electron chi connectivity index (χ1n) is 9.75. The van der Waals surface area contributed by atoms with Gasteiger partial charge in [0.2, 0.25) is 5.91 Å². The first kappa shape index (κ1) is 19.4. The molecule has 28 heavy (non-hydrogen) atoms. The molecule has 2 aliphatic heterocycles. The number of fused-ring (bicyclic) bond motifs is 1. The van der Waals surface area contributed by atoms with E-state index in [0.29, 0.717) is 36.1 Å². The molecular weight excluding hydrogens is 380 g/mol. The van der Waals surface area contributed by atoms with Crippen LogP contribution in [-0.2, 0) is 16.1 Å². The molecule has 4 rings (SSSR count). The molecule has 1 spiro atoms. The topological polar surface area (TPSA) is 67.2 Å². The molecule has 7 nitrogen and oxygen atoms in total. The Morgan fingerprint density at radius 2 is 2.00 bits per heavy atom. The van der Waals surface area contributed by atoms with Crippen LogP contribution in [0.2, 0.25) is 5.02 Å². The van der Waals surface area contributed by atoms with Gasteiger partial charge in [-0.1, -0.05) is 11.6 Å². The standard InChI is InChI=1S/C20H25ClN4O3/c1-28-11-10-23-8-2-6-20(19(23)27)7-3-9-24(20)14-16-12-18(26)25-13-15(21)4-5-17(25)22-16/h4-5,12-13H,2-3,6-11,14H2,1H3. The van der Waals surface area contributed by atoms with Crippen LogP contribution in [0.25, 0.3) is 5.65 Å². The molecule has 0 saturated carbocycles. The molecule has 2 aromatic rings. The predicted molar refractivity (Wildman–Crippen MR) is 107 cm³/mol. The van der Waals surface area contributed by atoms with Gasteiger partial charge in [0.25, 0.3) is 5.56 Å². The number of hydrogen-bond donors (Lipinski definition) is 0. The summed E-state index contributed by atoms with van der Waals surface area (Å²) in [6.45, 7) is 3.30. The molecule has 0 N–H and O–H groups in total. The second-order valence-electron chi connectivity index (χ2n) is 7.61. The van der Waals surface area contributed by atoms with Crippen molar-refractivity contribution < 1.29 is 9.53 Å². The van der Waals surface area contributed by atoms with Crippen molar-refractivity contribution in [3.8, 4) is 0 Å². The number of halogens is 1. The number of carbonyl (C=O) groups is 1. The van der Waals surface area contributed by atoms with Gasteiger partial charge in [-0.25, -0.2) is 4.98 Å². The number of methoxy groups -OCH3 is 1. The van der Waals surface area contributed by atoms with Crippen molar-refractivity contribution >= 4 is 23.2 Å². The third kappa shape index (κ3) is 3.43. The van der Waals surface area contributed by atoms with Crippen molar-refractivity contribution in [1.29, 1.82) is 0 Å². The van der Waals surface area contributed by atoms with E-state index in [1.54, 1.807) is 31.5 Å². The molecule has 150 valence electrons. The van der Waals surface area contributed by atoms with Crippen LogP contribution in [0.4, 0.5) is 0 Å². The molecule has 2 aromatic heterocycles. The highest BCUT2D eigenvalue weighted by atomic mass is 35.5. The third-order valence-corrected chi connectivity index (χ3v) is 6.15. The largest absolute Gasteiger partial charge is 0.383 e. The highest BCUT2D eigenvalue weighted by Gasteiger charge is 2.50. The first-order valence-corrected chi connectivity index (χ1v) is 10.1. The molecule has 0 aliphatic carbocycles. The van der Waals surface area contributed by atoms with Gasteiger partial charge in [0.1, 0.15) is 11.2 Å². The number of piperidine rings is 1. The molecular formula is C20H25ClN4O3. The van der Waals surface area contributed by atoms with E-state index >= 15 is 0 Å². The van der Waals surface area contributed by atoms with Crippen molar-refractivity contribution in [3.63, 3.8) is 0 Å². The summed E-state index contributed by atoms with van der Waals surface area (Å²) in [5.41, 5.74) is 0.624. The monoisotopic (exact) mass is 404 g/mol. The van der Waals surface area contributed by atoms with Gasteiger partial charge in [-0.3, -0.25) is 18.9 Å². The summed E-state index contributed by atoms with van der Waals surface area (Å²) < 4.78 is 6.61. The molecule has 2 saturated heterocycles. The lowest BCUT2D eigenvalue weighted by atomic mass is 9.85. The van der Waals surface area contributed by atoms with Crippen LogP contribution >= 0.6 is 11.6 Å². The van der Waals surface area contributed by atoms with E-state index in [1.807, 2.05) is 4.90 Å². The Balaban J connectivity index is 1.60. The minimum absolute atomic E-state index is 0.160. The second-order valence-corrected chi connectivity index (χ2v) is 8.04. The maximum Gasteiger partial charge on any atom is 0.258 e. The lowest BCUT2D eigenvalue weighted by molar-refractivity contribution is -0.148. The molecule has 0 radical (unpaired) electrons. The Morgan fingerprint density at radius 3 is 2.79 bits per heavy atom. The lowest BCUT2D eigenvalue weighted by Gasteiger charge is -2.44. The number of amides is 1. The SMILES string of the molecule is COCCN1CCCC2(CCCN2Cc2cc(=O)n3cc(Cl)ccc3n2)C1=O. The molecule has 0 aromatic carbocycles. The molecule has 4 heterocycles. The van der Waals surface area contributed by atoms with Crippen LogP contribution in [0, 0.1) is 0 Å². The fourth-order valence-corrected chi connectivity index (χ4v) is 4.73. The molecule has 2 fully saturated rings. The molecule has 0 bridgehead atoms. The summed E-state index contributed by atoms with van der Waals surface area (Å²) in [7, 11) is 1.66. The van der Waals surface area contributed by atoms with Crippen LogP contribution in [0.1, 0.15) is 31.4 Å². The average Bonchev–Trinajstić information content (AvgIpc) is 3.07. The number of hydrogen-bond acceptors (Lipinski definition) is 5. The summed E-state index contributed by atoms with van der Waals surface area (Å²) in [6.07, 6.45) is 5.25. The maximum absolute atomic E-state index is 13.3. The average molecular weight is 405 g/mol. The maximum atomic E-state index is 13.3. The summed E-state index contributed by atoms with van der Waals surface area (Å²) in [4.78, 5) is 34.6. The summed E-state index contributed by atoms with van der Waals surface area (Å²) >= 11 is 5.98. The van der Waals surface area contributed by atoms with Gasteiger partial charge in [-0.2, -0.15) is 0 Å². The Labute approximate surface area is 168 Å². The van der Waals surface area contributed by atoms with Gasteiger partial charge in [0.15, 0.2) is 0 Å². The van der Waals surface area contributed by atoms with E-state index in [9.17, 15) is 9.59 Å². The highest BCUT2D eigenvalue weighted by molar-refractivity contribution is 6.30. The van der Waals surface area contributed by atoms with Gasteiger partial charge in [-0.05, 0) is 44.4 Å². The fourth-order valence-electron chi connectivity index (χ4n) is 4.57. The molecule has 1 unspecified atom stereocenters. The zero-order valence-corrected chi connectivity index (χ0v) is 16.8. The third-order valence-electron chi connectivity index (χ3n) is 5.92. The van der Waals surface area contributed by atoms with E-state index < -0.39 is 5.54 Å². The van der Waals surface area contributed by atoms with E-state index in [1.165, 1.54) is 4.40 Å². The van der Waals surface area contributed by atoms with Gasteiger partial charge in [-0.15, -0.1) is 0 Å². The molecule has 8 heteroatoms. The van der Waals surface area contributed by atoms with Crippen LogP contribution in [-0.4, -0.2) is 64.0 Å². The molecule has 1 atom stereocenters. The number of carbonyl (C=O) groups excluding carboxylic acids is 1. The van der Waals surface area contributed by atoms with Gasteiger partial charge in [0.05, 0.1) is 17.3 Å². The Morgan fingerprint density at radius 1 is 1.21 bits per heavy atom. The number of ether oxygens (including phenoxy) is 1. The van der Waals surface area contributed by atoms with E-state index in [-0.39, 0.29) is 11.5 Å². The fraction of sp³-hybridized carbons (Fsp3) is 0.550. The Kier molecular flexibility index (Phi) is 5.40. The van der Waals surface area contributed by atoms with E-state index in [2.05, 4.69) is 9.88 Å². The van der Waals surface area contributed by atoms with Crippen molar-refractivity contribution in [1.82, 2.24) is 19.2 Å².